The van der Waals surface area contributed by atoms with Crippen LogP contribution in [0.1, 0.15) is 11.3 Å². The van der Waals surface area contributed by atoms with Crippen LogP contribution in [0.2, 0.25) is 0 Å². The number of anilines is 1. The van der Waals surface area contributed by atoms with Crippen molar-refractivity contribution >= 4 is 22.8 Å². The van der Waals surface area contributed by atoms with E-state index >= 15 is 0 Å². The Morgan fingerprint density at radius 1 is 1.07 bits per heavy atom. The number of aryl methyl sites for hydroxylation is 2. The highest BCUT2D eigenvalue weighted by Crippen LogP contribution is 2.19. The lowest BCUT2D eigenvalue weighted by Gasteiger charge is -2.36. The quantitative estimate of drug-likeness (QED) is 0.760. The number of piperazine rings is 1. The Morgan fingerprint density at radius 2 is 1.86 bits per heavy atom. The lowest BCUT2D eigenvalue weighted by molar-refractivity contribution is 0.194. The lowest BCUT2D eigenvalue weighted by Crippen LogP contribution is -2.52. The molecular formula is C22H27N5O. The van der Waals surface area contributed by atoms with E-state index < -0.39 is 0 Å². The Bertz CT molecular complexity index is 972. The molecule has 0 saturated carbocycles. The molecule has 0 bridgehead atoms. The van der Waals surface area contributed by atoms with Crippen molar-refractivity contribution in [2.24, 2.45) is 0 Å². The summed E-state index contributed by atoms with van der Waals surface area (Å²) in [6.45, 7) is 8.64. The van der Waals surface area contributed by atoms with Gasteiger partial charge in [-0.2, -0.15) is 0 Å². The molecule has 0 atom stereocenters. The van der Waals surface area contributed by atoms with Crippen LogP contribution in [0, 0.1) is 13.8 Å². The summed E-state index contributed by atoms with van der Waals surface area (Å²) < 4.78 is 2.26. The molecule has 1 N–H and O–H groups in total. The van der Waals surface area contributed by atoms with Crippen LogP contribution in [0.15, 0.2) is 48.7 Å². The molecule has 3 aromatic rings. The standard InChI is InChI=1S/C22H27N5O/c1-17-6-5-9-23-21(17)25-12-14-26(15-13-25)22(28)24-10-11-27-18(2)16-19-7-3-4-8-20(19)27/h3-9,16H,10-15H2,1-2H3,(H,24,28). The van der Waals surface area contributed by atoms with Gasteiger partial charge in [0.1, 0.15) is 5.82 Å². The minimum absolute atomic E-state index is 0.0199. The fourth-order valence-electron chi connectivity index (χ4n) is 3.96. The Kier molecular flexibility index (Phi) is 5.19. The van der Waals surface area contributed by atoms with Crippen LogP contribution in [-0.4, -0.2) is 53.2 Å². The second-order valence-electron chi connectivity index (χ2n) is 7.35. The number of fused-ring (bicyclic) bond motifs is 1. The molecule has 6 heteroatoms. The second kappa shape index (κ2) is 7.92. The predicted octanol–water partition coefficient (Wildman–Crippen LogP) is 3.18. The molecular weight excluding hydrogens is 350 g/mol. The summed E-state index contributed by atoms with van der Waals surface area (Å²) in [5.41, 5.74) is 3.61. The average molecular weight is 377 g/mol. The normalized spacial score (nSPS) is 14.5. The summed E-state index contributed by atoms with van der Waals surface area (Å²) in [6, 6.07) is 14.6. The van der Waals surface area contributed by atoms with Gasteiger partial charge in [0.2, 0.25) is 0 Å². The van der Waals surface area contributed by atoms with Gasteiger partial charge in [-0.25, -0.2) is 9.78 Å². The number of nitrogens with one attached hydrogen (secondary N) is 1. The van der Waals surface area contributed by atoms with Gasteiger partial charge >= 0.3 is 6.03 Å². The summed E-state index contributed by atoms with van der Waals surface area (Å²) in [5, 5.41) is 4.32. The molecule has 2 aromatic heterocycles. The molecule has 0 radical (unpaired) electrons. The number of hydrogen-bond acceptors (Lipinski definition) is 3. The van der Waals surface area contributed by atoms with E-state index in [9.17, 15) is 4.79 Å². The highest BCUT2D eigenvalue weighted by Gasteiger charge is 2.22. The summed E-state index contributed by atoms with van der Waals surface area (Å²) in [7, 11) is 0. The number of hydrogen-bond donors (Lipinski definition) is 1. The van der Waals surface area contributed by atoms with E-state index in [1.807, 2.05) is 17.2 Å². The van der Waals surface area contributed by atoms with Gasteiger partial charge in [0.05, 0.1) is 0 Å². The molecule has 1 aromatic carbocycles. The minimum Gasteiger partial charge on any atom is -0.353 e. The monoisotopic (exact) mass is 377 g/mol. The van der Waals surface area contributed by atoms with E-state index in [2.05, 4.69) is 70.0 Å². The number of rotatable bonds is 4. The Hall–Kier alpha value is -3.02. The molecule has 6 nitrogen and oxygen atoms in total. The third-order valence-electron chi connectivity index (χ3n) is 5.48. The van der Waals surface area contributed by atoms with Crippen molar-refractivity contribution < 1.29 is 4.79 Å². The van der Waals surface area contributed by atoms with E-state index in [1.165, 1.54) is 22.2 Å². The van der Waals surface area contributed by atoms with Crippen LogP contribution in [0.4, 0.5) is 10.6 Å². The van der Waals surface area contributed by atoms with Gasteiger partial charge < -0.3 is 19.7 Å². The van der Waals surface area contributed by atoms with E-state index in [1.54, 1.807) is 0 Å². The van der Waals surface area contributed by atoms with Crippen molar-refractivity contribution in [2.75, 3.05) is 37.6 Å². The number of amides is 2. The third-order valence-corrected chi connectivity index (χ3v) is 5.48. The molecule has 3 heterocycles. The lowest BCUT2D eigenvalue weighted by atomic mass is 10.2. The van der Waals surface area contributed by atoms with Crippen LogP contribution in [0.25, 0.3) is 10.9 Å². The van der Waals surface area contributed by atoms with Gasteiger partial charge in [0.15, 0.2) is 0 Å². The van der Waals surface area contributed by atoms with E-state index in [-0.39, 0.29) is 6.03 Å². The molecule has 1 fully saturated rings. The van der Waals surface area contributed by atoms with Gasteiger partial charge in [-0.1, -0.05) is 24.3 Å². The van der Waals surface area contributed by atoms with Crippen LogP contribution in [-0.2, 0) is 6.54 Å². The predicted molar refractivity (Wildman–Crippen MR) is 113 cm³/mol. The average Bonchev–Trinajstić information content (AvgIpc) is 3.04. The molecule has 0 aliphatic carbocycles. The number of benzene rings is 1. The Balaban J connectivity index is 1.29. The first-order valence-corrected chi connectivity index (χ1v) is 9.88. The smallest absolute Gasteiger partial charge is 0.317 e. The molecule has 0 unspecified atom stereocenters. The second-order valence-corrected chi connectivity index (χ2v) is 7.35. The van der Waals surface area contributed by atoms with Crippen LogP contribution >= 0.6 is 0 Å². The van der Waals surface area contributed by atoms with E-state index in [0.717, 1.165) is 25.5 Å². The molecule has 1 saturated heterocycles. The third kappa shape index (κ3) is 3.67. The van der Waals surface area contributed by atoms with Crippen LogP contribution in [0.5, 0.6) is 0 Å². The van der Waals surface area contributed by atoms with E-state index in [4.69, 9.17) is 0 Å². The summed E-state index contributed by atoms with van der Waals surface area (Å²) >= 11 is 0. The molecule has 4 rings (SSSR count). The number of nitrogens with zero attached hydrogens (tertiary/aromatic N) is 4. The van der Waals surface area contributed by atoms with Gasteiger partial charge in [-0.15, -0.1) is 0 Å². The van der Waals surface area contributed by atoms with Gasteiger partial charge in [0, 0.05) is 56.7 Å². The highest BCUT2D eigenvalue weighted by molar-refractivity contribution is 5.81. The maximum atomic E-state index is 12.6. The summed E-state index contributed by atoms with van der Waals surface area (Å²) in [6.07, 6.45) is 1.83. The van der Waals surface area contributed by atoms with Crippen LogP contribution < -0.4 is 10.2 Å². The number of pyridine rings is 1. The Morgan fingerprint density at radius 3 is 2.64 bits per heavy atom. The number of carbonyl (C=O) groups excluding carboxylic acids is 1. The Labute approximate surface area is 165 Å². The zero-order valence-electron chi connectivity index (χ0n) is 16.6. The number of para-hydroxylation sites is 1. The minimum atomic E-state index is 0.0199. The van der Waals surface area contributed by atoms with Gasteiger partial charge in [-0.3, -0.25) is 0 Å². The first-order valence-electron chi connectivity index (χ1n) is 9.88. The van der Waals surface area contributed by atoms with Crippen molar-refractivity contribution in [3.8, 4) is 0 Å². The molecule has 146 valence electrons. The topological polar surface area (TPSA) is 53.4 Å². The number of aromatic nitrogens is 2. The van der Waals surface area contributed by atoms with Crippen LogP contribution in [0.3, 0.4) is 0 Å². The first-order chi connectivity index (χ1) is 13.6. The van der Waals surface area contributed by atoms with E-state index in [0.29, 0.717) is 19.6 Å². The van der Waals surface area contributed by atoms with Crippen molar-refractivity contribution in [2.45, 2.75) is 20.4 Å². The fraction of sp³-hybridized carbons (Fsp3) is 0.364. The number of urea groups is 1. The summed E-state index contributed by atoms with van der Waals surface area (Å²) in [4.78, 5) is 21.2. The van der Waals surface area contributed by atoms with Crippen molar-refractivity contribution in [3.05, 3.63) is 59.9 Å². The molecule has 1 aliphatic heterocycles. The van der Waals surface area contributed by atoms with Crippen molar-refractivity contribution in [1.82, 2.24) is 19.8 Å². The van der Waals surface area contributed by atoms with Gasteiger partial charge in [0.25, 0.3) is 0 Å². The molecule has 28 heavy (non-hydrogen) atoms. The zero-order valence-corrected chi connectivity index (χ0v) is 16.6. The van der Waals surface area contributed by atoms with Crippen molar-refractivity contribution in [3.63, 3.8) is 0 Å². The van der Waals surface area contributed by atoms with Crippen molar-refractivity contribution in [1.29, 1.82) is 0 Å². The largest absolute Gasteiger partial charge is 0.353 e. The fourth-order valence-corrected chi connectivity index (χ4v) is 3.96. The maximum Gasteiger partial charge on any atom is 0.317 e. The molecule has 0 spiro atoms. The zero-order chi connectivity index (χ0) is 19.5. The first kappa shape index (κ1) is 18.3. The summed E-state index contributed by atoms with van der Waals surface area (Å²) in [5.74, 6) is 1.03. The molecule has 2 amide bonds. The molecule has 1 aliphatic rings. The SMILES string of the molecule is Cc1cccnc1N1CCN(C(=O)NCCn2c(C)cc3ccccc32)CC1. The highest BCUT2D eigenvalue weighted by atomic mass is 16.2. The maximum absolute atomic E-state index is 12.6. The van der Waals surface area contributed by atoms with Gasteiger partial charge in [-0.05, 0) is 43.0 Å². The number of carbonyl (C=O) groups is 1.